The molecule has 0 amide bonds. The summed E-state index contributed by atoms with van der Waals surface area (Å²) in [5.41, 5.74) is 1.95. The van der Waals surface area contributed by atoms with Gasteiger partial charge in [0.1, 0.15) is 5.75 Å². The second kappa shape index (κ2) is 4.82. The van der Waals surface area contributed by atoms with Gasteiger partial charge in [-0.25, -0.2) is 0 Å². The van der Waals surface area contributed by atoms with Gasteiger partial charge < -0.3 is 9.84 Å². The van der Waals surface area contributed by atoms with E-state index in [1.54, 1.807) is 7.11 Å². The number of hydrogen-bond donors (Lipinski definition) is 1. The average molecular weight is 192 g/mol. The first-order valence-corrected chi connectivity index (χ1v) is 4.60. The van der Waals surface area contributed by atoms with Crippen LogP contribution in [0, 0.1) is 0 Å². The molecule has 0 fully saturated rings. The van der Waals surface area contributed by atoms with Crippen LogP contribution in [0.4, 0.5) is 0 Å². The summed E-state index contributed by atoms with van der Waals surface area (Å²) in [6.07, 6.45) is 1.27. The van der Waals surface area contributed by atoms with E-state index in [0.29, 0.717) is 0 Å². The molecule has 1 aromatic rings. The van der Waals surface area contributed by atoms with Gasteiger partial charge in [0.2, 0.25) is 0 Å². The molecule has 0 saturated carbocycles. The third-order valence-corrected chi connectivity index (χ3v) is 1.93. The van der Waals surface area contributed by atoms with Crippen LogP contribution >= 0.6 is 0 Å². The van der Waals surface area contributed by atoms with Gasteiger partial charge in [-0.05, 0) is 31.5 Å². The average Bonchev–Trinajstić information content (AvgIpc) is 2.17. The van der Waals surface area contributed by atoms with Gasteiger partial charge in [0.15, 0.2) is 0 Å². The van der Waals surface area contributed by atoms with Crippen LogP contribution in [0.15, 0.2) is 35.9 Å². The fourth-order valence-corrected chi connectivity index (χ4v) is 1.24. The lowest BCUT2D eigenvalue weighted by molar-refractivity contribution is 0.227. The van der Waals surface area contributed by atoms with Crippen LogP contribution < -0.4 is 4.74 Å². The van der Waals surface area contributed by atoms with Crippen molar-refractivity contribution in [3.8, 4) is 5.75 Å². The van der Waals surface area contributed by atoms with Gasteiger partial charge in [-0.2, -0.15) is 0 Å². The summed E-state index contributed by atoms with van der Waals surface area (Å²) >= 11 is 0. The Morgan fingerprint density at radius 1 is 1.43 bits per heavy atom. The molecule has 0 spiro atoms. The summed E-state index contributed by atoms with van der Waals surface area (Å²) in [5.74, 6) is 0.767. The van der Waals surface area contributed by atoms with Gasteiger partial charge in [-0.3, -0.25) is 0 Å². The minimum atomic E-state index is -0.546. The summed E-state index contributed by atoms with van der Waals surface area (Å²) in [6, 6.07) is 7.45. The second-order valence-corrected chi connectivity index (χ2v) is 3.47. The zero-order valence-electron chi connectivity index (χ0n) is 8.82. The maximum absolute atomic E-state index is 9.78. The molecule has 0 heterocycles. The van der Waals surface area contributed by atoms with Crippen LogP contribution in [0.1, 0.15) is 25.5 Å². The molecule has 0 aliphatic rings. The number of allylic oxidation sites excluding steroid dienone is 1. The number of benzene rings is 1. The maximum Gasteiger partial charge on any atom is 0.119 e. The predicted octanol–water partition coefficient (Wildman–Crippen LogP) is 2.69. The van der Waals surface area contributed by atoms with Crippen LogP contribution in [-0.4, -0.2) is 12.2 Å². The van der Waals surface area contributed by atoms with Crippen molar-refractivity contribution in [3.63, 3.8) is 0 Å². The highest BCUT2D eigenvalue weighted by Gasteiger charge is 2.04. The van der Waals surface area contributed by atoms with Crippen LogP contribution in [-0.2, 0) is 0 Å². The molecule has 0 aliphatic heterocycles. The zero-order valence-corrected chi connectivity index (χ0v) is 8.82. The molecular weight excluding hydrogens is 176 g/mol. The number of hydrogen-bond acceptors (Lipinski definition) is 2. The fraction of sp³-hybridized carbons (Fsp3) is 0.333. The molecule has 2 heteroatoms. The van der Waals surface area contributed by atoms with Crippen molar-refractivity contribution in [1.29, 1.82) is 0 Å². The van der Waals surface area contributed by atoms with Crippen LogP contribution in [0.2, 0.25) is 0 Å². The Labute approximate surface area is 84.8 Å². The van der Waals surface area contributed by atoms with Crippen LogP contribution in [0.25, 0.3) is 0 Å². The van der Waals surface area contributed by atoms with E-state index in [-0.39, 0.29) is 0 Å². The second-order valence-electron chi connectivity index (χ2n) is 3.47. The van der Waals surface area contributed by atoms with Gasteiger partial charge in [0, 0.05) is 0 Å². The van der Waals surface area contributed by atoms with E-state index in [1.165, 1.54) is 0 Å². The quantitative estimate of drug-likeness (QED) is 0.746. The van der Waals surface area contributed by atoms with Crippen molar-refractivity contribution in [2.45, 2.75) is 20.0 Å². The number of ether oxygens (including phenoxy) is 1. The Kier molecular flexibility index (Phi) is 3.72. The molecule has 0 aromatic heterocycles. The minimum absolute atomic E-state index is 0.546. The topological polar surface area (TPSA) is 29.5 Å². The predicted molar refractivity (Wildman–Crippen MR) is 57.4 cm³/mol. The molecule has 1 rings (SSSR count). The Morgan fingerprint density at radius 2 is 2.14 bits per heavy atom. The third kappa shape index (κ3) is 2.89. The lowest BCUT2D eigenvalue weighted by Crippen LogP contribution is -1.94. The van der Waals surface area contributed by atoms with Gasteiger partial charge in [-0.1, -0.05) is 23.8 Å². The highest BCUT2D eigenvalue weighted by atomic mass is 16.5. The standard InChI is InChI=1S/C12H16O2/c1-9(2)7-12(13)10-5-4-6-11(8-10)14-3/h4-8,12-13H,1-3H3. The number of methoxy groups -OCH3 is 1. The zero-order chi connectivity index (χ0) is 10.6. The van der Waals surface area contributed by atoms with E-state index in [2.05, 4.69) is 0 Å². The first-order valence-electron chi connectivity index (χ1n) is 4.60. The van der Waals surface area contributed by atoms with E-state index in [4.69, 9.17) is 4.74 Å². The van der Waals surface area contributed by atoms with Crippen molar-refractivity contribution in [2.24, 2.45) is 0 Å². The summed E-state index contributed by atoms with van der Waals surface area (Å²) < 4.78 is 5.08. The Balaban J connectivity index is 2.89. The number of aliphatic hydroxyl groups excluding tert-OH is 1. The molecule has 2 nitrogen and oxygen atoms in total. The maximum atomic E-state index is 9.78. The fourth-order valence-electron chi connectivity index (χ4n) is 1.24. The van der Waals surface area contributed by atoms with Crippen molar-refractivity contribution in [1.82, 2.24) is 0 Å². The van der Waals surface area contributed by atoms with Crippen molar-refractivity contribution in [3.05, 3.63) is 41.5 Å². The molecule has 0 bridgehead atoms. The van der Waals surface area contributed by atoms with E-state index >= 15 is 0 Å². The summed E-state index contributed by atoms with van der Waals surface area (Å²) in [6.45, 7) is 3.92. The van der Waals surface area contributed by atoms with Crippen molar-refractivity contribution < 1.29 is 9.84 Å². The van der Waals surface area contributed by atoms with E-state index < -0.39 is 6.10 Å². The number of aliphatic hydroxyl groups is 1. The van der Waals surface area contributed by atoms with E-state index in [9.17, 15) is 5.11 Å². The lowest BCUT2D eigenvalue weighted by atomic mass is 10.1. The molecule has 1 aromatic carbocycles. The monoisotopic (exact) mass is 192 g/mol. The highest BCUT2D eigenvalue weighted by molar-refractivity contribution is 5.31. The summed E-state index contributed by atoms with van der Waals surface area (Å²) in [4.78, 5) is 0. The van der Waals surface area contributed by atoms with E-state index in [1.807, 2.05) is 44.2 Å². The molecule has 1 unspecified atom stereocenters. The lowest BCUT2D eigenvalue weighted by Gasteiger charge is -2.08. The first kappa shape index (κ1) is 10.8. The van der Waals surface area contributed by atoms with Crippen molar-refractivity contribution in [2.75, 3.05) is 7.11 Å². The Hall–Kier alpha value is -1.28. The normalized spacial score (nSPS) is 12.0. The molecule has 0 saturated heterocycles. The minimum Gasteiger partial charge on any atom is -0.497 e. The summed E-state index contributed by atoms with van der Waals surface area (Å²) in [5, 5.41) is 9.78. The molecule has 14 heavy (non-hydrogen) atoms. The van der Waals surface area contributed by atoms with Gasteiger partial charge >= 0.3 is 0 Å². The Bertz CT molecular complexity index is 325. The molecule has 0 aliphatic carbocycles. The molecule has 76 valence electrons. The highest BCUT2D eigenvalue weighted by Crippen LogP contribution is 2.20. The third-order valence-electron chi connectivity index (χ3n) is 1.93. The van der Waals surface area contributed by atoms with Crippen molar-refractivity contribution >= 4 is 0 Å². The van der Waals surface area contributed by atoms with E-state index in [0.717, 1.165) is 16.9 Å². The smallest absolute Gasteiger partial charge is 0.119 e. The number of rotatable bonds is 3. The first-order chi connectivity index (χ1) is 6.63. The molecule has 1 atom stereocenters. The molecule has 0 radical (unpaired) electrons. The van der Waals surface area contributed by atoms with Gasteiger partial charge in [-0.15, -0.1) is 0 Å². The van der Waals surface area contributed by atoms with Gasteiger partial charge in [0.05, 0.1) is 13.2 Å². The molecular formula is C12H16O2. The molecule has 1 N–H and O–H groups in total. The SMILES string of the molecule is COc1cccc(C(O)C=C(C)C)c1. The summed E-state index contributed by atoms with van der Waals surface area (Å²) in [7, 11) is 1.62. The van der Waals surface area contributed by atoms with Crippen LogP contribution in [0.5, 0.6) is 5.75 Å². The van der Waals surface area contributed by atoms with Crippen LogP contribution in [0.3, 0.4) is 0 Å². The Morgan fingerprint density at radius 3 is 2.71 bits per heavy atom. The van der Waals surface area contributed by atoms with Gasteiger partial charge in [0.25, 0.3) is 0 Å². The largest absolute Gasteiger partial charge is 0.497 e.